The molecule has 0 radical (unpaired) electrons. The maximum Gasteiger partial charge on any atom is 0.317 e. The normalized spacial score (nSPS) is 18.3. The first-order valence-electron chi connectivity index (χ1n) is 9.12. The molecule has 136 valence electrons. The number of carbonyl (C=O) groups is 2. The van der Waals surface area contributed by atoms with Crippen molar-refractivity contribution in [2.24, 2.45) is 0 Å². The Morgan fingerprint density at radius 1 is 1.08 bits per heavy atom. The molecule has 2 fully saturated rings. The molecular weight excluding hydrogens is 318 g/mol. The molecule has 1 aromatic carbocycles. The van der Waals surface area contributed by atoms with Gasteiger partial charge in [-0.05, 0) is 18.9 Å². The van der Waals surface area contributed by atoms with Crippen LogP contribution in [0.15, 0.2) is 24.3 Å². The number of nitrogens with zero attached hydrogens (tertiary/aromatic N) is 2. The molecule has 1 saturated carbocycles. The molecule has 3 rings (SSSR count). The van der Waals surface area contributed by atoms with Gasteiger partial charge in [-0.2, -0.15) is 0 Å². The minimum atomic E-state index is 0.0173. The minimum Gasteiger partial charge on any atom is -0.496 e. The van der Waals surface area contributed by atoms with Gasteiger partial charge in [-0.25, -0.2) is 4.79 Å². The lowest BCUT2D eigenvalue weighted by Crippen LogP contribution is -2.54. The molecule has 1 N–H and O–H groups in total. The Labute approximate surface area is 149 Å². The first-order chi connectivity index (χ1) is 12.2. The van der Waals surface area contributed by atoms with Gasteiger partial charge < -0.3 is 19.9 Å². The lowest BCUT2D eigenvalue weighted by molar-refractivity contribution is -0.131. The van der Waals surface area contributed by atoms with Gasteiger partial charge in [0, 0.05) is 37.8 Å². The molecule has 6 nitrogen and oxygen atoms in total. The fraction of sp³-hybridized carbons (Fsp3) is 0.579. The van der Waals surface area contributed by atoms with Crippen LogP contribution < -0.4 is 10.1 Å². The summed E-state index contributed by atoms with van der Waals surface area (Å²) in [5.74, 6) is 0.825. The maximum absolute atomic E-state index is 12.5. The molecule has 2 aliphatic rings. The summed E-state index contributed by atoms with van der Waals surface area (Å²) in [6.07, 6.45) is 4.91. The molecule has 0 bridgehead atoms. The third-order valence-corrected chi connectivity index (χ3v) is 5.14. The standard InChI is InChI=1S/C19H27N3O3/c1-25-17-9-5-2-6-15(17)14-18(23)21-10-12-22(13-11-21)19(24)20-16-7-3-4-8-16/h2,5-6,9,16H,3-4,7-8,10-14H2,1H3,(H,20,24). The number of para-hydroxylation sites is 1. The van der Waals surface area contributed by atoms with Gasteiger partial charge >= 0.3 is 6.03 Å². The molecule has 0 spiro atoms. The number of hydrogen-bond donors (Lipinski definition) is 1. The summed E-state index contributed by atoms with van der Waals surface area (Å²) in [4.78, 5) is 28.5. The number of hydrogen-bond acceptors (Lipinski definition) is 3. The first-order valence-corrected chi connectivity index (χ1v) is 9.12. The van der Waals surface area contributed by atoms with E-state index in [2.05, 4.69) is 5.32 Å². The van der Waals surface area contributed by atoms with Crippen LogP contribution in [0.4, 0.5) is 4.79 Å². The summed E-state index contributed by atoms with van der Waals surface area (Å²) in [5, 5.41) is 3.11. The van der Waals surface area contributed by atoms with Gasteiger partial charge in [-0.15, -0.1) is 0 Å². The number of ether oxygens (including phenoxy) is 1. The van der Waals surface area contributed by atoms with Crippen LogP contribution in [0.25, 0.3) is 0 Å². The second kappa shape index (κ2) is 8.23. The largest absolute Gasteiger partial charge is 0.496 e. The topological polar surface area (TPSA) is 61.9 Å². The van der Waals surface area contributed by atoms with Gasteiger partial charge in [0.25, 0.3) is 0 Å². The third-order valence-electron chi connectivity index (χ3n) is 5.14. The monoisotopic (exact) mass is 345 g/mol. The average Bonchev–Trinajstić information content (AvgIpc) is 3.15. The average molecular weight is 345 g/mol. The molecule has 25 heavy (non-hydrogen) atoms. The predicted octanol–water partition coefficient (Wildman–Crippen LogP) is 2.03. The SMILES string of the molecule is COc1ccccc1CC(=O)N1CCN(C(=O)NC2CCCC2)CC1. The zero-order valence-electron chi connectivity index (χ0n) is 14.9. The Kier molecular flexibility index (Phi) is 5.79. The number of amides is 3. The van der Waals surface area contributed by atoms with Crippen molar-refractivity contribution in [2.45, 2.75) is 38.1 Å². The van der Waals surface area contributed by atoms with Crippen molar-refractivity contribution in [1.29, 1.82) is 0 Å². The number of urea groups is 1. The van der Waals surface area contributed by atoms with E-state index in [4.69, 9.17) is 4.74 Å². The van der Waals surface area contributed by atoms with Crippen molar-refractivity contribution in [2.75, 3.05) is 33.3 Å². The van der Waals surface area contributed by atoms with Gasteiger partial charge in [-0.3, -0.25) is 4.79 Å². The van der Waals surface area contributed by atoms with E-state index in [1.54, 1.807) is 7.11 Å². The first kappa shape index (κ1) is 17.6. The van der Waals surface area contributed by atoms with Gasteiger partial charge in [0.15, 0.2) is 0 Å². The summed E-state index contributed by atoms with van der Waals surface area (Å²) in [7, 11) is 1.62. The number of piperazine rings is 1. The molecule has 1 aromatic rings. The molecule has 6 heteroatoms. The van der Waals surface area contributed by atoms with E-state index in [0.717, 1.165) is 24.2 Å². The molecule has 3 amide bonds. The molecule has 1 aliphatic carbocycles. The summed E-state index contributed by atoms with van der Waals surface area (Å²) in [6.45, 7) is 2.37. The van der Waals surface area contributed by atoms with Crippen molar-refractivity contribution in [3.05, 3.63) is 29.8 Å². The maximum atomic E-state index is 12.5. The summed E-state index contributed by atoms with van der Waals surface area (Å²) < 4.78 is 5.31. The van der Waals surface area contributed by atoms with E-state index in [1.807, 2.05) is 34.1 Å². The van der Waals surface area contributed by atoms with E-state index in [1.165, 1.54) is 12.8 Å². The Bertz CT molecular complexity index is 606. The van der Waals surface area contributed by atoms with E-state index < -0.39 is 0 Å². The van der Waals surface area contributed by atoms with Crippen LogP contribution in [-0.4, -0.2) is 61.1 Å². The molecule has 0 aromatic heterocycles. The van der Waals surface area contributed by atoms with Crippen molar-refractivity contribution in [1.82, 2.24) is 15.1 Å². The van der Waals surface area contributed by atoms with Crippen LogP contribution in [0, 0.1) is 0 Å². The second-order valence-corrected chi connectivity index (χ2v) is 6.79. The Balaban J connectivity index is 1.48. The highest BCUT2D eigenvalue weighted by Crippen LogP contribution is 2.20. The molecule has 1 saturated heterocycles. The van der Waals surface area contributed by atoms with Gasteiger partial charge in [0.2, 0.25) is 5.91 Å². The van der Waals surface area contributed by atoms with Crippen LogP contribution >= 0.6 is 0 Å². The third kappa shape index (κ3) is 4.44. The minimum absolute atomic E-state index is 0.0173. The van der Waals surface area contributed by atoms with Crippen LogP contribution in [0.3, 0.4) is 0 Å². The van der Waals surface area contributed by atoms with Gasteiger partial charge in [0.05, 0.1) is 13.5 Å². The second-order valence-electron chi connectivity index (χ2n) is 6.79. The molecule has 0 atom stereocenters. The number of rotatable bonds is 4. The lowest BCUT2D eigenvalue weighted by atomic mass is 10.1. The van der Waals surface area contributed by atoms with Gasteiger partial charge in [-0.1, -0.05) is 31.0 Å². The summed E-state index contributed by atoms with van der Waals surface area (Å²) in [6, 6.07) is 7.95. The van der Waals surface area contributed by atoms with Crippen LogP contribution in [0.5, 0.6) is 5.75 Å². The number of benzene rings is 1. The Hall–Kier alpha value is -2.24. The van der Waals surface area contributed by atoms with Crippen LogP contribution in [0.1, 0.15) is 31.2 Å². The Morgan fingerprint density at radius 2 is 1.72 bits per heavy atom. The van der Waals surface area contributed by atoms with Gasteiger partial charge in [0.1, 0.15) is 5.75 Å². The highest BCUT2D eigenvalue weighted by molar-refractivity contribution is 5.80. The van der Waals surface area contributed by atoms with Crippen molar-refractivity contribution >= 4 is 11.9 Å². The summed E-state index contributed by atoms with van der Waals surface area (Å²) in [5.41, 5.74) is 0.899. The van der Waals surface area contributed by atoms with E-state index in [-0.39, 0.29) is 11.9 Å². The zero-order valence-corrected chi connectivity index (χ0v) is 14.9. The van der Waals surface area contributed by atoms with E-state index in [0.29, 0.717) is 38.6 Å². The molecule has 0 unspecified atom stereocenters. The van der Waals surface area contributed by atoms with Crippen molar-refractivity contribution in [3.8, 4) is 5.75 Å². The predicted molar refractivity (Wildman–Crippen MR) is 95.6 cm³/mol. The molecule has 1 aliphatic heterocycles. The highest BCUT2D eigenvalue weighted by Gasteiger charge is 2.26. The molecular formula is C19H27N3O3. The Morgan fingerprint density at radius 3 is 2.40 bits per heavy atom. The highest BCUT2D eigenvalue weighted by atomic mass is 16.5. The summed E-state index contributed by atoms with van der Waals surface area (Å²) >= 11 is 0. The van der Waals surface area contributed by atoms with Crippen LogP contribution in [-0.2, 0) is 11.2 Å². The quantitative estimate of drug-likeness (QED) is 0.908. The van der Waals surface area contributed by atoms with Crippen LogP contribution in [0.2, 0.25) is 0 Å². The number of methoxy groups -OCH3 is 1. The number of carbonyl (C=O) groups excluding carboxylic acids is 2. The van der Waals surface area contributed by atoms with E-state index in [9.17, 15) is 9.59 Å². The zero-order chi connectivity index (χ0) is 17.6. The van der Waals surface area contributed by atoms with Crippen molar-refractivity contribution < 1.29 is 14.3 Å². The van der Waals surface area contributed by atoms with Crippen molar-refractivity contribution in [3.63, 3.8) is 0 Å². The smallest absolute Gasteiger partial charge is 0.317 e. The number of nitrogens with one attached hydrogen (secondary N) is 1. The molecule has 1 heterocycles. The lowest BCUT2D eigenvalue weighted by Gasteiger charge is -2.35. The fourth-order valence-electron chi connectivity index (χ4n) is 3.62. The van der Waals surface area contributed by atoms with E-state index >= 15 is 0 Å². The fourth-order valence-corrected chi connectivity index (χ4v) is 3.62.